The Hall–Kier alpha value is -1.26. The van der Waals surface area contributed by atoms with Crippen LogP contribution in [0.1, 0.15) is 53.4 Å². The molecule has 0 aromatic carbocycles. The number of ether oxygens (including phenoxy) is 1. The molecule has 0 aromatic rings. The van der Waals surface area contributed by atoms with Crippen molar-refractivity contribution in [3.8, 4) is 0 Å². The van der Waals surface area contributed by atoms with Crippen LogP contribution in [-0.4, -0.2) is 53.6 Å². The predicted molar refractivity (Wildman–Crippen MR) is 78.5 cm³/mol. The van der Waals surface area contributed by atoms with Crippen molar-refractivity contribution in [3.05, 3.63) is 0 Å². The highest BCUT2D eigenvalue weighted by molar-refractivity contribution is 5.73. The number of nitrogens with zero attached hydrogens (tertiary/aromatic N) is 2. The Morgan fingerprint density at radius 1 is 0.950 bits per heavy atom. The van der Waals surface area contributed by atoms with Crippen LogP contribution < -0.4 is 0 Å². The molecule has 0 radical (unpaired) electrons. The van der Waals surface area contributed by atoms with Gasteiger partial charge in [-0.1, -0.05) is 0 Å². The van der Waals surface area contributed by atoms with Crippen molar-refractivity contribution in [2.24, 2.45) is 0 Å². The first kappa shape index (κ1) is 16.8. The molecule has 5 nitrogen and oxygen atoms in total. The van der Waals surface area contributed by atoms with Gasteiger partial charge in [0.1, 0.15) is 5.60 Å². The average Bonchev–Trinajstić information content (AvgIpc) is 2.35. The molecule has 0 unspecified atom stereocenters. The highest BCUT2D eigenvalue weighted by Gasteiger charge is 2.31. The average molecular weight is 284 g/mol. The molecular weight excluding hydrogens is 256 g/mol. The normalized spacial score (nSPS) is 23.1. The fourth-order valence-electron chi connectivity index (χ4n) is 2.57. The second kappa shape index (κ2) is 6.46. The fraction of sp³-hybridized carbons (Fsp3) is 0.867. The van der Waals surface area contributed by atoms with Gasteiger partial charge >= 0.3 is 6.09 Å². The summed E-state index contributed by atoms with van der Waals surface area (Å²) >= 11 is 0. The van der Waals surface area contributed by atoms with Gasteiger partial charge < -0.3 is 14.5 Å². The second-order valence-corrected chi connectivity index (χ2v) is 6.68. The van der Waals surface area contributed by atoms with Gasteiger partial charge in [-0.05, 0) is 46.5 Å². The number of hydrogen-bond acceptors (Lipinski definition) is 3. The van der Waals surface area contributed by atoms with E-state index in [9.17, 15) is 9.59 Å². The Balaban J connectivity index is 2.49. The molecule has 0 bridgehead atoms. The van der Waals surface area contributed by atoms with E-state index in [1.165, 1.54) is 0 Å². The summed E-state index contributed by atoms with van der Waals surface area (Å²) in [6.07, 6.45) is 3.44. The van der Waals surface area contributed by atoms with E-state index in [4.69, 9.17) is 4.74 Å². The molecule has 0 spiro atoms. The molecule has 0 heterocycles. The lowest BCUT2D eigenvalue weighted by atomic mass is 9.89. The smallest absolute Gasteiger partial charge is 0.410 e. The molecule has 20 heavy (non-hydrogen) atoms. The number of rotatable bonds is 2. The molecule has 0 atom stereocenters. The summed E-state index contributed by atoms with van der Waals surface area (Å²) in [4.78, 5) is 26.9. The summed E-state index contributed by atoms with van der Waals surface area (Å²) in [7, 11) is 3.65. The van der Waals surface area contributed by atoms with Crippen LogP contribution in [0.25, 0.3) is 0 Å². The molecule has 1 rings (SSSR count). The van der Waals surface area contributed by atoms with E-state index in [-0.39, 0.29) is 18.0 Å². The molecule has 0 aromatic heterocycles. The summed E-state index contributed by atoms with van der Waals surface area (Å²) < 4.78 is 5.39. The Bertz CT molecular complexity index is 355. The largest absolute Gasteiger partial charge is 0.444 e. The van der Waals surface area contributed by atoms with Crippen molar-refractivity contribution < 1.29 is 14.3 Å². The molecule has 0 saturated heterocycles. The minimum Gasteiger partial charge on any atom is -0.444 e. The van der Waals surface area contributed by atoms with Gasteiger partial charge in [-0.2, -0.15) is 0 Å². The van der Waals surface area contributed by atoms with Gasteiger partial charge in [0.15, 0.2) is 0 Å². The van der Waals surface area contributed by atoms with E-state index >= 15 is 0 Å². The standard InChI is InChI=1S/C15H28N2O3/c1-11(18)16(5)12-7-9-13(10-8-12)17(6)14(19)20-15(2,3)4/h12-13H,7-10H2,1-6H3/t12-,13+. The summed E-state index contributed by atoms with van der Waals surface area (Å²) in [6, 6.07) is 0.511. The molecule has 5 heteroatoms. The van der Waals surface area contributed by atoms with Gasteiger partial charge in [0.25, 0.3) is 0 Å². The molecule has 0 N–H and O–H groups in total. The van der Waals surface area contributed by atoms with E-state index in [2.05, 4.69) is 0 Å². The minimum atomic E-state index is -0.461. The third-order valence-electron chi connectivity index (χ3n) is 3.94. The zero-order chi connectivity index (χ0) is 15.5. The van der Waals surface area contributed by atoms with Crippen molar-refractivity contribution >= 4 is 12.0 Å². The lowest BCUT2D eigenvalue weighted by Gasteiger charge is -2.38. The van der Waals surface area contributed by atoms with Gasteiger partial charge in [-0.3, -0.25) is 4.79 Å². The van der Waals surface area contributed by atoms with Gasteiger partial charge in [0.2, 0.25) is 5.91 Å². The lowest BCUT2D eigenvalue weighted by Crippen LogP contribution is -2.46. The highest BCUT2D eigenvalue weighted by Crippen LogP contribution is 2.26. The van der Waals surface area contributed by atoms with Gasteiger partial charge in [-0.15, -0.1) is 0 Å². The topological polar surface area (TPSA) is 49.9 Å². The molecule has 0 aliphatic heterocycles. The number of carbonyl (C=O) groups excluding carboxylic acids is 2. The molecule has 1 fully saturated rings. The van der Waals surface area contributed by atoms with Crippen molar-refractivity contribution in [1.29, 1.82) is 0 Å². The maximum atomic E-state index is 12.0. The number of amides is 2. The summed E-state index contributed by atoms with van der Waals surface area (Å²) in [6.45, 7) is 7.21. The molecular formula is C15H28N2O3. The predicted octanol–water partition coefficient (Wildman–Crippen LogP) is 2.64. The minimum absolute atomic E-state index is 0.106. The maximum absolute atomic E-state index is 12.0. The van der Waals surface area contributed by atoms with Crippen LogP contribution in [0.4, 0.5) is 4.79 Å². The van der Waals surface area contributed by atoms with Crippen LogP contribution in [0, 0.1) is 0 Å². The third-order valence-corrected chi connectivity index (χ3v) is 3.94. The van der Waals surface area contributed by atoms with Crippen molar-refractivity contribution in [1.82, 2.24) is 9.80 Å². The molecule has 2 amide bonds. The Morgan fingerprint density at radius 2 is 1.35 bits per heavy atom. The van der Waals surface area contributed by atoms with E-state index in [1.807, 2.05) is 32.7 Å². The van der Waals surface area contributed by atoms with E-state index in [0.717, 1.165) is 25.7 Å². The molecule has 1 aliphatic carbocycles. The van der Waals surface area contributed by atoms with Gasteiger partial charge in [0.05, 0.1) is 0 Å². The fourth-order valence-corrected chi connectivity index (χ4v) is 2.57. The second-order valence-electron chi connectivity index (χ2n) is 6.68. The first-order chi connectivity index (χ1) is 9.11. The molecule has 1 saturated carbocycles. The Kier molecular flexibility index (Phi) is 5.42. The van der Waals surface area contributed by atoms with E-state index in [1.54, 1.807) is 18.9 Å². The van der Waals surface area contributed by atoms with Crippen LogP contribution in [0.5, 0.6) is 0 Å². The van der Waals surface area contributed by atoms with E-state index in [0.29, 0.717) is 6.04 Å². The Labute approximate surface area is 122 Å². The van der Waals surface area contributed by atoms with Crippen LogP contribution in [0.2, 0.25) is 0 Å². The van der Waals surface area contributed by atoms with Gasteiger partial charge in [0, 0.05) is 33.1 Å². The molecule has 1 aliphatic rings. The Morgan fingerprint density at radius 3 is 1.70 bits per heavy atom. The maximum Gasteiger partial charge on any atom is 0.410 e. The zero-order valence-electron chi connectivity index (χ0n) is 13.6. The summed E-state index contributed by atoms with van der Waals surface area (Å²) in [5.41, 5.74) is -0.461. The zero-order valence-corrected chi connectivity index (χ0v) is 13.6. The number of carbonyl (C=O) groups is 2. The molecule has 116 valence electrons. The summed E-state index contributed by atoms with van der Waals surface area (Å²) in [5, 5.41) is 0. The van der Waals surface area contributed by atoms with Crippen molar-refractivity contribution in [2.75, 3.05) is 14.1 Å². The third kappa shape index (κ3) is 4.69. The van der Waals surface area contributed by atoms with Crippen LogP contribution >= 0.6 is 0 Å². The van der Waals surface area contributed by atoms with Crippen LogP contribution in [0.15, 0.2) is 0 Å². The van der Waals surface area contributed by atoms with E-state index < -0.39 is 5.60 Å². The first-order valence-corrected chi connectivity index (χ1v) is 7.31. The quantitative estimate of drug-likeness (QED) is 0.783. The monoisotopic (exact) mass is 284 g/mol. The highest BCUT2D eigenvalue weighted by atomic mass is 16.6. The lowest BCUT2D eigenvalue weighted by molar-refractivity contribution is -0.130. The summed E-state index contributed by atoms with van der Waals surface area (Å²) in [5.74, 6) is 0.106. The first-order valence-electron chi connectivity index (χ1n) is 7.31. The van der Waals surface area contributed by atoms with Crippen molar-refractivity contribution in [2.45, 2.75) is 71.1 Å². The van der Waals surface area contributed by atoms with Crippen LogP contribution in [0.3, 0.4) is 0 Å². The number of hydrogen-bond donors (Lipinski definition) is 0. The SMILES string of the molecule is CC(=O)N(C)[C@H]1CC[C@@H](N(C)C(=O)OC(C)(C)C)CC1. The van der Waals surface area contributed by atoms with Crippen molar-refractivity contribution in [3.63, 3.8) is 0 Å². The van der Waals surface area contributed by atoms with Gasteiger partial charge in [-0.25, -0.2) is 4.79 Å². The van der Waals surface area contributed by atoms with Crippen LogP contribution in [-0.2, 0) is 9.53 Å².